The van der Waals surface area contributed by atoms with Crippen LogP contribution in [-0.2, 0) is 14.3 Å². The predicted molar refractivity (Wildman–Crippen MR) is 82.2 cm³/mol. The molecule has 0 atom stereocenters. The molecule has 2 saturated heterocycles. The molecular weight excluding hydrogens is 304 g/mol. The van der Waals surface area contributed by atoms with Crippen LogP contribution in [0.2, 0.25) is 0 Å². The fraction of sp³-hybridized carbons (Fsp3) is 0.800. The molecule has 0 aromatic rings. The molecule has 1 amide bonds. The summed E-state index contributed by atoms with van der Waals surface area (Å²) in [4.78, 5) is 32.0. The Balaban J connectivity index is 0.000000379. The maximum atomic E-state index is 12.0. The molecule has 2 fully saturated rings. The van der Waals surface area contributed by atoms with Crippen molar-refractivity contribution >= 4 is 18.0 Å². The number of hydrogen-bond acceptors (Lipinski definition) is 5. The van der Waals surface area contributed by atoms with Gasteiger partial charge in [-0.25, -0.2) is 14.4 Å². The molecule has 0 aromatic heterocycles. The largest absolute Gasteiger partial charge is 0.473 e. The minimum atomic E-state index is -1.82. The van der Waals surface area contributed by atoms with E-state index in [-0.39, 0.29) is 11.7 Å². The van der Waals surface area contributed by atoms with E-state index in [2.05, 4.69) is 5.32 Å². The summed E-state index contributed by atoms with van der Waals surface area (Å²) in [5.74, 6) is -3.65. The number of amides is 1. The van der Waals surface area contributed by atoms with Crippen molar-refractivity contribution in [3.63, 3.8) is 0 Å². The first-order valence-electron chi connectivity index (χ1n) is 7.70. The van der Waals surface area contributed by atoms with Crippen molar-refractivity contribution in [3.05, 3.63) is 0 Å². The zero-order valence-electron chi connectivity index (χ0n) is 13.9. The molecule has 0 aromatic carbocycles. The fourth-order valence-corrected chi connectivity index (χ4v) is 2.60. The van der Waals surface area contributed by atoms with E-state index in [1.54, 1.807) is 0 Å². The van der Waals surface area contributed by atoms with Crippen molar-refractivity contribution in [1.29, 1.82) is 0 Å². The summed E-state index contributed by atoms with van der Waals surface area (Å²) in [5.41, 5.74) is 0.0792. The Bertz CT molecular complexity index is 441. The third-order valence-electron chi connectivity index (χ3n) is 3.88. The minimum Gasteiger partial charge on any atom is -0.473 e. The Labute approximate surface area is 135 Å². The van der Waals surface area contributed by atoms with E-state index < -0.39 is 11.9 Å². The van der Waals surface area contributed by atoms with Crippen LogP contribution < -0.4 is 5.32 Å². The second-order valence-electron chi connectivity index (χ2n) is 7.03. The SMILES string of the molecule is CC(C)(C)OC(=O)N1CCCC2(CC1)CNC2.O=C(O)C(=O)O. The van der Waals surface area contributed by atoms with Crippen molar-refractivity contribution < 1.29 is 29.3 Å². The first-order valence-corrected chi connectivity index (χ1v) is 7.70. The minimum absolute atomic E-state index is 0.151. The molecule has 3 N–H and O–H groups in total. The molecule has 0 saturated carbocycles. The number of aliphatic carboxylic acids is 2. The number of nitrogens with one attached hydrogen (secondary N) is 1. The Kier molecular flexibility index (Phi) is 6.37. The molecule has 2 rings (SSSR count). The number of carboxylic acid groups (broad SMARTS) is 2. The molecule has 0 unspecified atom stereocenters. The van der Waals surface area contributed by atoms with Gasteiger partial charge in [-0.15, -0.1) is 0 Å². The van der Waals surface area contributed by atoms with Crippen LogP contribution in [0.4, 0.5) is 4.79 Å². The zero-order valence-corrected chi connectivity index (χ0v) is 13.9. The average Bonchev–Trinajstić information content (AvgIpc) is 2.59. The standard InChI is InChI=1S/C13H24N2O2.C2H2O4/c1-12(2,3)17-11(16)15-7-4-5-13(6-8-15)9-14-10-13;3-1(4)2(5)6/h14H,4-10H2,1-3H3;(H,3,4)(H,5,6). The number of carbonyl (C=O) groups is 3. The van der Waals surface area contributed by atoms with Gasteiger partial charge in [-0.2, -0.15) is 0 Å². The van der Waals surface area contributed by atoms with E-state index >= 15 is 0 Å². The van der Waals surface area contributed by atoms with Gasteiger partial charge >= 0.3 is 18.0 Å². The molecule has 8 nitrogen and oxygen atoms in total. The number of carboxylic acids is 2. The van der Waals surface area contributed by atoms with Gasteiger partial charge in [0, 0.05) is 26.2 Å². The molecule has 2 aliphatic rings. The van der Waals surface area contributed by atoms with Gasteiger partial charge in [-0.3, -0.25) is 0 Å². The number of hydrogen-bond donors (Lipinski definition) is 3. The lowest BCUT2D eigenvalue weighted by atomic mass is 9.75. The highest BCUT2D eigenvalue weighted by molar-refractivity contribution is 6.27. The molecule has 132 valence electrons. The van der Waals surface area contributed by atoms with Gasteiger partial charge in [0.2, 0.25) is 0 Å². The van der Waals surface area contributed by atoms with Crippen LogP contribution in [0, 0.1) is 5.41 Å². The van der Waals surface area contributed by atoms with Gasteiger partial charge in [0.25, 0.3) is 0 Å². The summed E-state index contributed by atoms with van der Waals surface area (Å²) < 4.78 is 5.42. The Morgan fingerprint density at radius 1 is 1.04 bits per heavy atom. The second kappa shape index (κ2) is 7.63. The first-order chi connectivity index (χ1) is 10.5. The van der Waals surface area contributed by atoms with Gasteiger partial charge in [0.15, 0.2) is 0 Å². The Hall–Kier alpha value is -1.83. The molecule has 1 spiro atoms. The maximum absolute atomic E-state index is 12.0. The van der Waals surface area contributed by atoms with Crippen molar-refractivity contribution in [2.75, 3.05) is 26.2 Å². The predicted octanol–water partition coefficient (Wildman–Crippen LogP) is 1.15. The highest BCUT2D eigenvalue weighted by Crippen LogP contribution is 2.35. The highest BCUT2D eigenvalue weighted by Gasteiger charge is 2.39. The summed E-state index contributed by atoms with van der Waals surface area (Å²) in [7, 11) is 0. The van der Waals surface area contributed by atoms with Gasteiger partial charge in [0.05, 0.1) is 0 Å². The topological polar surface area (TPSA) is 116 Å². The summed E-state index contributed by atoms with van der Waals surface area (Å²) in [6, 6.07) is 0. The van der Waals surface area contributed by atoms with Gasteiger partial charge in [-0.1, -0.05) is 0 Å². The quantitative estimate of drug-likeness (QED) is 0.570. The van der Waals surface area contributed by atoms with Crippen LogP contribution in [0.1, 0.15) is 40.0 Å². The molecule has 23 heavy (non-hydrogen) atoms. The number of nitrogens with zero attached hydrogens (tertiary/aromatic N) is 1. The number of carbonyl (C=O) groups excluding carboxylic acids is 1. The van der Waals surface area contributed by atoms with Crippen LogP contribution in [0.15, 0.2) is 0 Å². The smallest absolute Gasteiger partial charge is 0.414 e. The first kappa shape index (κ1) is 19.2. The van der Waals surface area contributed by atoms with Crippen molar-refractivity contribution in [2.45, 2.75) is 45.6 Å². The van der Waals surface area contributed by atoms with Gasteiger partial charge in [0.1, 0.15) is 5.60 Å². The Morgan fingerprint density at radius 3 is 2.00 bits per heavy atom. The van der Waals surface area contributed by atoms with E-state index in [9.17, 15) is 4.79 Å². The summed E-state index contributed by atoms with van der Waals surface area (Å²) in [6.07, 6.45) is 3.29. The molecule has 0 bridgehead atoms. The molecule has 0 aliphatic carbocycles. The monoisotopic (exact) mass is 330 g/mol. The fourth-order valence-electron chi connectivity index (χ4n) is 2.60. The van der Waals surface area contributed by atoms with Crippen LogP contribution >= 0.6 is 0 Å². The maximum Gasteiger partial charge on any atom is 0.414 e. The zero-order chi connectivity index (χ0) is 17.7. The van der Waals surface area contributed by atoms with Crippen molar-refractivity contribution in [3.8, 4) is 0 Å². The lowest BCUT2D eigenvalue weighted by Crippen LogP contribution is -2.53. The van der Waals surface area contributed by atoms with Crippen LogP contribution in [0.3, 0.4) is 0 Å². The normalized spacial score (nSPS) is 19.7. The summed E-state index contributed by atoms with van der Waals surface area (Å²) in [5, 5.41) is 18.1. The van der Waals surface area contributed by atoms with Gasteiger partial charge in [-0.05, 0) is 45.4 Å². The van der Waals surface area contributed by atoms with Crippen LogP contribution in [0.25, 0.3) is 0 Å². The lowest BCUT2D eigenvalue weighted by molar-refractivity contribution is -0.159. The summed E-state index contributed by atoms with van der Waals surface area (Å²) >= 11 is 0. The van der Waals surface area contributed by atoms with Crippen molar-refractivity contribution in [2.24, 2.45) is 5.41 Å². The van der Waals surface area contributed by atoms with Gasteiger partial charge < -0.3 is 25.2 Å². The third kappa shape index (κ3) is 6.43. The third-order valence-corrected chi connectivity index (χ3v) is 3.88. The van der Waals surface area contributed by atoms with E-state index in [1.807, 2.05) is 25.7 Å². The van der Waals surface area contributed by atoms with E-state index in [1.165, 1.54) is 6.42 Å². The van der Waals surface area contributed by atoms with E-state index in [0.717, 1.165) is 39.0 Å². The lowest BCUT2D eigenvalue weighted by Gasteiger charge is -2.42. The molecular formula is C15H26N2O6. The van der Waals surface area contributed by atoms with E-state index in [4.69, 9.17) is 24.5 Å². The number of ether oxygens (including phenoxy) is 1. The molecule has 8 heteroatoms. The molecule has 0 radical (unpaired) electrons. The number of rotatable bonds is 0. The van der Waals surface area contributed by atoms with Crippen molar-refractivity contribution in [1.82, 2.24) is 10.2 Å². The molecule has 2 heterocycles. The summed E-state index contributed by atoms with van der Waals surface area (Å²) in [6.45, 7) is 9.68. The van der Waals surface area contributed by atoms with E-state index in [0.29, 0.717) is 5.41 Å². The Morgan fingerprint density at radius 2 is 1.61 bits per heavy atom. The molecule has 2 aliphatic heterocycles. The average molecular weight is 330 g/mol. The second-order valence-corrected chi connectivity index (χ2v) is 7.03. The number of likely N-dealkylation sites (tertiary alicyclic amines) is 1. The van der Waals surface area contributed by atoms with Crippen LogP contribution in [-0.4, -0.2) is 64.9 Å². The van der Waals surface area contributed by atoms with Crippen LogP contribution in [0.5, 0.6) is 0 Å². The highest BCUT2D eigenvalue weighted by atomic mass is 16.6.